The minimum atomic E-state index is -0.465. The molecule has 2 heterocycles. The zero-order chi connectivity index (χ0) is 13.2. The topological polar surface area (TPSA) is 72.8 Å². The third-order valence-corrected chi connectivity index (χ3v) is 2.85. The Kier molecular flexibility index (Phi) is 2.75. The molecule has 0 aliphatic heterocycles. The molecule has 3 aromatic rings. The predicted molar refractivity (Wildman–Crippen MR) is 68.8 cm³/mol. The van der Waals surface area contributed by atoms with Crippen LogP contribution in [0.5, 0.6) is 0 Å². The van der Waals surface area contributed by atoms with E-state index in [1.807, 2.05) is 29.0 Å². The summed E-state index contributed by atoms with van der Waals surface area (Å²) in [6.07, 6.45) is 5.39. The van der Waals surface area contributed by atoms with Crippen molar-refractivity contribution in [2.24, 2.45) is 0 Å². The van der Waals surface area contributed by atoms with Gasteiger partial charge in [-0.15, -0.1) is 0 Å². The van der Waals surface area contributed by atoms with Crippen LogP contribution in [-0.4, -0.2) is 32.6 Å². The molecule has 1 N–H and O–H groups in total. The molecule has 96 valence electrons. The van der Waals surface area contributed by atoms with Gasteiger partial charge in [0, 0.05) is 18.9 Å². The van der Waals surface area contributed by atoms with Gasteiger partial charge in [0.1, 0.15) is 0 Å². The fourth-order valence-electron chi connectivity index (χ4n) is 1.93. The van der Waals surface area contributed by atoms with Crippen molar-refractivity contribution in [1.82, 2.24) is 19.5 Å². The van der Waals surface area contributed by atoms with Gasteiger partial charge in [-0.3, -0.25) is 0 Å². The summed E-state index contributed by atoms with van der Waals surface area (Å²) >= 11 is 0. The highest BCUT2D eigenvalue weighted by Crippen LogP contribution is 2.15. The van der Waals surface area contributed by atoms with Crippen molar-refractivity contribution in [3.05, 3.63) is 48.3 Å². The number of H-pyrrole nitrogens is 1. The monoisotopic (exact) mass is 256 g/mol. The molecule has 19 heavy (non-hydrogen) atoms. The number of esters is 1. The van der Waals surface area contributed by atoms with Crippen molar-refractivity contribution in [3.8, 4) is 0 Å². The summed E-state index contributed by atoms with van der Waals surface area (Å²) in [5.41, 5.74) is 2.65. The van der Waals surface area contributed by atoms with E-state index in [2.05, 4.69) is 19.7 Å². The van der Waals surface area contributed by atoms with Crippen LogP contribution in [-0.2, 0) is 11.3 Å². The molecule has 0 amide bonds. The Morgan fingerprint density at radius 2 is 2.37 bits per heavy atom. The van der Waals surface area contributed by atoms with Crippen LogP contribution in [0.2, 0.25) is 0 Å². The summed E-state index contributed by atoms with van der Waals surface area (Å²) in [7, 11) is 1.33. The molecule has 0 spiro atoms. The number of hydrogen-bond acceptors (Lipinski definition) is 4. The summed E-state index contributed by atoms with van der Waals surface area (Å²) in [4.78, 5) is 22.5. The van der Waals surface area contributed by atoms with Crippen molar-refractivity contribution in [1.29, 1.82) is 0 Å². The van der Waals surface area contributed by atoms with Crippen molar-refractivity contribution in [2.75, 3.05) is 7.11 Å². The number of hydrogen-bond donors (Lipinski definition) is 1. The minimum Gasteiger partial charge on any atom is -0.463 e. The molecule has 0 atom stereocenters. The van der Waals surface area contributed by atoms with Crippen LogP contribution in [0, 0.1) is 0 Å². The molecule has 6 heteroatoms. The molecule has 0 saturated heterocycles. The second-order valence-corrected chi connectivity index (χ2v) is 4.16. The minimum absolute atomic E-state index is 0.220. The van der Waals surface area contributed by atoms with Crippen molar-refractivity contribution in [3.63, 3.8) is 0 Å². The van der Waals surface area contributed by atoms with Gasteiger partial charge in [0.05, 0.1) is 24.5 Å². The van der Waals surface area contributed by atoms with Gasteiger partial charge < -0.3 is 14.3 Å². The molecule has 0 aliphatic carbocycles. The van der Waals surface area contributed by atoms with Gasteiger partial charge >= 0.3 is 5.97 Å². The molecule has 0 aliphatic rings. The maximum Gasteiger partial charge on any atom is 0.374 e. The molecule has 6 nitrogen and oxygen atoms in total. The molecular weight excluding hydrogens is 244 g/mol. The number of nitrogens with one attached hydrogen (secondary N) is 1. The first-order valence-electron chi connectivity index (χ1n) is 5.79. The molecule has 3 rings (SSSR count). The van der Waals surface area contributed by atoms with E-state index in [0.717, 1.165) is 23.1 Å². The van der Waals surface area contributed by atoms with Crippen LogP contribution in [0.25, 0.3) is 11.0 Å². The van der Waals surface area contributed by atoms with E-state index < -0.39 is 5.97 Å². The van der Waals surface area contributed by atoms with Crippen molar-refractivity contribution >= 4 is 17.0 Å². The summed E-state index contributed by atoms with van der Waals surface area (Å²) in [5.74, 6) is -0.246. The van der Waals surface area contributed by atoms with Gasteiger partial charge in [-0.2, -0.15) is 0 Å². The van der Waals surface area contributed by atoms with Gasteiger partial charge in [0.2, 0.25) is 5.82 Å². The number of imidazole rings is 2. The number of aromatic nitrogens is 4. The van der Waals surface area contributed by atoms with Crippen LogP contribution in [0.3, 0.4) is 0 Å². The number of fused-ring (bicyclic) bond motifs is 1. The molecular formula is C13H12N4O2. The lowest BCUT2D eigenvalue weighted by Crippen LogP contribution is -2.02. The molecule has 2 aromatic heterocycles. The molecule has 0 bridgehead atoms. The Labute approximate surface area is 109 Å². The fraction of sp³-hybridized carbons (Fsp3) is 0.154. The van der Waals surface area contributed by atoms with E-state index in [4.69, 9.17) is 0 Å². The Morgan fingerprint density at radius 3 is 3.11 bits per heavy atom. The van der Waals surface area contributed by atoms with E-state index >= 15 is 0 Å². The number of carbonyl (C=O) groups is 1. The lowest BCUT2D eigenvalue weighted by molar-refractivity contribution is 0.0588. The zero-order valence-corrected chi connectivity index (χ0v) is 10.3. The summed E-state index contributed by atoms with van der Waals surface area (Å²) in [6.45, 7) is 0.719. The van der Waals surface area contributed by atoms with Crippen LogP contribution in [0.15, 0.2) is 36.9 Å². The number of rotatable bonds is 3. The number of carbonyl (C=O) groups excluding carboxylic acids is 1. The lowest BCUT2D eigenvalue weighted by atomic mass is 10.2. The molecule has 0 unspecified atom stereocenters. The largest absolute Gasteiger partial charge is 0.463 e. The SMILES string of the molecule is COC(=O)c1nc2cc(Cn3ccnc3)ccc2[nH]1. The summed E-state index contributed by atoms with van der Waals surface area (Å²) in [5, 5.41) is 0. The smallest absolute Gasteiger partial charge is 0.374 e. The highest BCUT2D eigenvalue weighted by molar-refractivity contribution is 5.90. The van der Waals surface area contributed by atoms with Gasteiger partial charge in [-0.1, -0.05) is 6.07 Å². The fourth-order valence-corrected chi connectivity index (χ4v) is 1.93. The third kappa shape index (κ3) is 2.20. The van der Waals surface area contributed by atoms with E-state index in [1.54, 1.807) is 12.5 Å². The molecule has 0 saturated carbocycles. The molecule has 0 fully saturated rings. The third-order valence-electron chi connectivity index (χ3n) is 2.85. The first kappa shape index (κ1) is 11.5. The lowest BCUT2D eigenvalue weighted by Gasteiger charge is -2.01. The standard InChI is InChI=1S/C13H12N4O2/c1-19-13(18)12-15-10-3-2-9(6-11(10)16-12)7-17-5-4-14-8-17/h2-6,8H,7H2,1H3,(H,15,16). The summed E-state index contributed by atoms with van der Waals surface area (Å²) < 4.78 is 6.60. The Hall–Kier alpha value is -2.63. The normalized spacial score (nSPS) is 10.8. The maximum atomic E-state index is 11.4. The van der Waals surface area contributed by atoms with Gasteiger partial charge in [-0.05, 0) is 17.7 Å². The predicted octanol–water partition coefficient (Wildman–Crippen LogP) is 1.59. The van der Waals surface area contributed by atoms with Crippen LogP contribution in [0.4, 0.5) is 0 Å². The molecule has 0 radical (unpaired) electrons. The number of methoxy groups -OCH3 is 1. The molecule has 1 aromatic carbocycles. The average Bonchev–Trinajstić information content (AvgIpc) is 3.06. The number of benzene rings is 1. The van der Waals surface area contributed by atoms with E-state index in [1.165, 1.54) is 7.11 Å². The van der Waals surface area contributed by atoms with Crippen LogP contribution < -0.4 is 0 Å². The Balaban J connectivity index is 1.94. The summed E-state index contributed by atoms with van der Waals surface area (Å²) in [6, 6.07) is 5.83. The van der Waals surface area contributed by atoms with Crippen molar-refractivity contribution < 1.29 is 9.53 Å². The van der Waals surface area contributed by atoms with E-state index in [0.29, 0.717) is 0 Å². The first-order valence-corrected chi connectivity index (χ1v) is 5.79. The van der Waals surface area contributed by atoms with Crippen LogP contribution in [0.1, 0.15) is 16.2 Å². The first-order chi connectivity index (χ1) is 9.26. The quantitative estimate of drug-likeness (QED) is 0.722. The highest BCUT2D eigenvalue weighted by Gasteiger charge is 2.11. The number of nitrogens with zero attached hydrogens (tertiary/aromatic N) is 3. The van der Waals surface area contributed by atoms with Gasteiger partial charge in [-0.25, -0.2) is 14.8 Å². The second-order valence-electron chi connectivity index (χ2n) is 4.16. The van der Waals surface area contributed by atoms with Gasteiger partial charge in [0.25, 0.3) is 0 Å². The number of aromatic amines is 1. The van der Waals surface area contributed by atoms with E-state index in [-0.39, 0.29) is 5.82 Å². The maximum absolute atomic E-state index is 11.4. The average molecular weight is 256 g/mol. The van der Waals surface area contributed by atoms with Crippen LogP contribution >= 0.6 is 0 Å². The van der Waals surface area contributed by atoms with E-state index in [9.17, 15) is 4.79 Å². The highest BCUT2D eigenvalue weighted by atomic mass is 16.5. The Bertz CT molecular complexity index is 715. The zero-order valence-electron chi connectivity index (χ0n) is 10.3. The second kappa shape index (κ2) is 4.56. The van der Waals surface area contributed by atoms with Gasteiger partial charge in [0.15, 0.2) is 0 Å². The number of ether oxygens (including phenoxy) is 1. The van der Waals surface area contributed by atoms with Crippen molar-refractivity contribution in [2.45, 2.75) is 6.54 Å². The Morgan fingerprint density at radius 1 is 1.47 bits per heavy atom.